The van der Waals surface area contributed by atoms with Gasteiger partial charge < -0.3 is 5.32 Å². The van der Waals surface area contributed by atoms with E-state index in [-0.39, 0.29) is 0 Å². The maximum Gasteiger partial charge on any atom is 0.0523 e. The van der Waals surface area contributed by atoms with E-state index in [9.17, 15) is 0 Å². The third-order valence-electron chi connectivity index (χ3n) is 2.74. The van der Waals surface area contributed by atoms with E-state index in [4.69, 9.17) is 0 Å². The molecule has 0 aliphatic heterocycles. The molecule has 2 nitrogen and oxygen atoms in total. The van der Waals surface area contributed by atoms with Crippen molar-refractivity contribution < 1.29 is 0 Å². The summed E-state index contributed by atoms with van der Waals surface area (Å²) >= 11 is 1.98. The standard InChI is InChI=1S/C14H24N2S/c1-4-7-15-13-6-8-16-14(9-13)11-17-10-12(3)5-2/h6,8-9,12H,4-5,7,10-11H2,1-3H3,(H,15,16). The second-order valence-corrected chi connectivity index (χ2v) is 5.52. The molecule has 0 amide bonds. The molecular formula is C14H24N2S. The Balaban J connectivity index is 2.37. The zero-order chi connectivity index (χ0) is 12.5. The van der Waals surface area contributed by atoms with E-state index < -0.39 is 0 Å². The zero-order valence-corrected chi connectivity index (χ0v) is 12.0. The number of nitrogens with zero attached hydrogens (tertiary/aromatic N) is 1. The second-order valence-electron chi connectivity index (χ2n) is 4.49. The first-order chi connectivity index (χ1) is 8.26. The average molecular weight is 252 g/mol. The second kappa shape index (κ2) is 8.40. The minimum absolute atomic E-state index is 0.807. The molecule has 1 heterocycles. The summed E-state index contributed by atoms with van der Waals surface area (Å²) in [7, 11) is 0. The third-order valence-corrected chi connectivity index (χ3v) is 4.05. The lowest BCUT2D eigenvalue weighted by Gasteiger charge is -2.09. The van der Waals surface area contributed by atoms with Gasteiger partial charge in [0.2, 0.25) is 0 Å². The molecule has 0 saturated heterocycles. The van der Waals surface area contributed by atoms with E-state index in [1.54, 1.807) is 0 Å². The van der Waals surface area contributed by atoms with E-state index >= 15 is 0 Å². The average Bonchev–Trinajstić information content (AvgIpc) is 2.36. The Hall–Kier alpha value is -0.700. The molecule has 0 aliphatic rings. The van der Waals surface area contributed by atoms with Crippen molar-refractivity contribution in [1.82, 2.24) is 4.98 Å². The third kappa shape index (κ3) is 5.97. The Morgan fingerprint density at radius 2 is 2.24 bits per heavy atom. The first kappa shape index (κ1) is 14.4. The Bertz CT molecular complexity index is 315. The van der Waals surface area contributed by atoms with Gasteiger partial charge in [-0.2, -0.15) is 11.8 Å². The van der Waals surface area contributed by atoms with Gasteiger partial charge in [-0.1, -0.05) is 27.2 Å². The monoisotopic (exact) mass is 252 g/mol. The van der Waals surface area contributed by atoms with Crippen molar-refractivity contribution in [2.24, 2.45) is 5.92 Å². The number of aromatic nitrogens is 1. The molecule has 3 heteroatoms. The molecule has 0 bridgehead atoms. The fourth-order valence-electron chi connectivity index (χ4n) is 1.42. The molecule has 1 rings (SSSR count). The number of nitrogens with one attached hydrogen (secondary N) is 1. The van der Waals surface area contributed by atoms with Crippen molar-refractivity contribution in [2.75, 3.05) is 17.6 Å². The number of hydrogen-bond donors (Lipinski definition) is 1. The minimum Gasteiger partial charge on any atom is -0.385 e. The summed E-state index contributed by atoms with van der Waals surface area (Å²) in [6.07, 6.45) is 4.32. The first-order valence-corrected chi connectivity index (χ1v) is 7.68. The van der Waals surface area contributed by atoms with Crippen LogP contribution in [0.2, 0.25) is 0 Å². The van der Waals surface area contributed by atoms with E-state index in [0.717, 1.165) is 24.6 Å². The molecule has 1 unspecified atom stereocenters. The maximum absolute atomic E-state index is 4.41. The zero-order valence-electron chi connectivity index (χ0n) is 11.2. The van der Waals surface area contributed by atoms with Crippen LogP contribution in [0.3, 0.4) is 0 Å². The van der Waals surface area contributed by atoms with Crippen LogP contribution >= 0.6 is 11.8 Å². The summed E-state index contributed by atoms with van der Waals surface area (Å²) in [6, 6.07) is 4.21. The lowest BCUT2D eigenvalue weighted by atomic mass is 10.2. The highest BCUT2D eigenvalue weighted by atomic mass is 32.2. The lowest BCUT2D eigenvalue weighted by molar-refractivity contribution is 0.637. The smallest absolute Gasteiger partial charge is 0.0523 e. The molecule has 1 N–H and O–H groups in total. The largest absolute Gasteiger partial charge is 0.385 e. The van der Waals surface area contributed by atoms with Crippen LogP contribution in [-0.2, 0) is 5.75 Å². The predicted molar refractivity (Wildman–Crippen MR) is 78.6 cm³/mol. The van der Waals surface area contributed by atoms with E-state index in [0.29, 0.717) is 0 Å². The van der Waals surface area contributed by atoms with Crippen LogP contribution in [0.15, 0.2) is 18.3 Å². The maximum atomic E-state index is 4.41. The van der Waals surface area contributed by atoms with Crippen molar-refractivity contribution in [3.8, 4) is 0 Å². The Morgan fingerprint density at radius 3 is 2.94 bits per heavy atom. The Morgan fingerprint density at radius 1 is 1.41 bits per heavy atom. The van der Waals surface area contributed by atoms with Gasteiger partial charge in [0.1, 0.15) is 0 Å². The molecule has 1 aromatic heterocycles. The summed E-state index contributed by atoms with van der Waals surface area (Å²) in [6.45, 7) is 7.76. The number of pyridine rings is 1. The van der Waals surface area contributed by atoms with Crippen molar-refractivity contribution >= 4 is 17.4 Å². The summed E-state index contributed by atoms with van der Waals surface area (Å²) in [4.78, 5) is 4.41. The molecule has 1 aromatic rings. The Labute approximate surface area is 110 Å². The number of rotatable bonds is 8. The van der Waals surface area contributed by atoms with Crippen LogP contribution < -0.4 is 5.32 Å². The quantitative estimate of drug-likeness (QED) is 0.751. The molecule has 1 atom stereocenters. The highest BCUT2D eigenvalue weighted by Gasteiger charge is 2.01. The summed E-state index contributed by atoms with van der Waals surface area (Å²) < 4.78 is 0. The normalized spacial score (nSPS) is 12.4. The van der Waals surface area contributed by atoms with Crippen molar-refractivity contribution in [2.45, 2.75) is 39.4 Å². The van der Waals surface area contributed by atoms with E-state index in [2.05, 4.69) is 37.1 Å². The molecule has 0 aromatic carbocycles. The van der Waals surface area contributed by atoms with Crippen LogP contribution in [0.25, 0.3) is 0 Å². The molecule has 96 valence electrons. The van der Waals surface area contributed by atoms with Crippen molar-refractivity contribution in [1.29, 1.82) is 0 Å². The van der Waals surface area contributed by atoms with E-state index in [1.807, 2.05) is 24.0 Å². The van der Waals surface area contributed by atoms with Gasteiger partial charge in [-0.05, 0) is 30.2 Å². The van der Waals surface area contributed by atoms with Crippen molar-refractivity contribution in [3.63, 3.8) is 0 Å². The molecule has 0 aliphatic carbocycles. The SMILES string of the molecule is CCCNc1ccnc(CSCC(C)CC)c1. The minimum atomic E-state index is 0.807. The van der Waals surface area contributed by atoms with Crippen LogP contribution in [0.1, 0.15) is 39.3 Å². The van der Waals surface area contributed by atoms with Gasteiger partial charge in [-0.15, -0.1) is 0 Å². The molecule has 17 heavy (non-hydrogen) atoms. The van der Waals surface area contributed by atoms with Crippen LogP contribution in [0, 0.1) is 5.92 Å². The summed E-state index contributed by atoms with van der Waals surface area (Å²) in [5.74, 6) is 3.05. The van der Waals surface area contributed by atoms with Crippen molar-refractivity contribution in [3.05, 3.63) is 24.0 Å². The van der Waals surface area contributed by atoms with Gasteiger partial charge in [-0.3, -0.25) is 4.98 Å². The van der Waals surface area contributed by atoms with Gasteiger partial charge in [0.15, 0.2) is 0 Å². The number of thioether (sulfide) groups is 1. The van der Waals surface area contributed by atoms with Gasteiger partial charge in [0.05, 0.1) is 5.69 Å². The summed E-state index contributed by atoms with van der Waals surface area (Å²) in [5.41, 5.74) is 2.38. The fraction of sp³-hybridized carbons (Fsp3) is 0.643. The van der Waals surface area contributed by atoms with Crippen LogP contribution in [0.4, 0.5) is 5.69 Å². The first-order valence-electron chi connectivity index (χ1n) is 6.52. The molecule has 0 saturated carbocycles. The van der Waals surface area contributed by atoms with Gasteiger partial charge in [0.25, 0.3) is 0 Å². The molecular weight excluding hydrogens is 228 g/mol. The van der Waals surface area contributed by atoms with Gasteiger partial charge in [0, 0.05) is 24.2 Å². The predicted octanol–water partition coefficient (Wildman–Crippen LogP) is 4.18. The highest BCUT2D eigenvalue weighted by Crippen LogP contribution is 2.17. The van der Waals surface area contributed by atoms with Gasteiger partial charge in [-0.25, -0.2) is 0 Å². The molecule has 0 spiro atoms. The van der Waals surface area contributed by atoms with Gasteiger partial charge >= 0.3 is 0 Å². The summed E-state index contributed by atoms with van der Waals surface area (Å²) in [5, 5.41) is 3.40. The molecule has 0 radical (unpaired) electrons. The molecule has 0 fully saturated rings. The van der Waals surface area contributed by atoms with Crippen LogP contribution in [0.5, 0.6) is 0 Å². The lowest BCUT2D eigenvalue weighted by Crippen LogP contribution is -2.01. The topological polar surface area (TPSA) is 24.9 Å². The fourth-order valence-corrected chi connectivity index (χ4v) is 2.54. The van der Waals surface area contributed by atoms with E-state index in [1.165, 1.54) is 23.6 Å². The number of anilines is 1. The highest BCUT2D eigenvalue weighted by molar-refractivity contribution is 7.98. The van der Waals surface area contributed by atoms with Crippen LogP contribution in [-0.4, -0.2) is 17.3 Å². The Kier molecular flexibility index (Phi) is 7.10. The number of hydrogen-bond acceptors (Lipinski definition) is 3.